The van der Waals surface area contributed by atoms with Gasteiger partial charge in [0.25, 0.3) is 5.56 Å². The van der Waals surface area contributed by atoms with E-state index in [0.29, 0.717) is 18.1 Å². The Morgan fingerprint density at radius 2 is 2.07 bits per heavy atom. The zero-order chi connectivity index (χ0) is 19.5. The van der Waals surface area contributed by atoms with Gasteiger partial charge < -0.3 is 5.32 Å². The van der Waals surface area contributed by atoms with E-state index in [2.05, 4.69) is 32.6 Å². The van der Waals surface area contributed by atoms with Crippen molar-refractivity contribution in [1.82, 2.24) is 19.7 Å². The molecule has 2 N–H and O–H groups in total. The summed E-state index contributed by atoms with van der Waals surface area (Å²) >= 11 is 3.19. The van der Waals surface area contributed by atoms with Gasteiger partial charge in [0, 0.05) is 29.8 Å². The fourth-order valence-electron chi connectivity index (χ4n) is 3.32. The summed E-state index contributed by atoms with van der Waals surface area (Å²) in [5, 5.41) is 13.1. The lowest BCUT2D eigenvalue weighted by atomic mass is 10.1. The number of rotatable bonds is 7. The van der Waals surface area contributed by atoms with Gasteiger partial charge in [-0.15, -0.1) is 21.5 Å². The summed E-state index contributed by atoms with van der Waals surface area (Å²) in [6.07, 6.45) is 3.39. The Kier molecular flexibility index (Phi) is 5.63. The molecule has 0 unspecified atom stereocenters. The molecular formula is C19H21N5O2S2. The standard InChI is InChI=1S/C19H21N5O2S2/c1-12-22-23-17(28-12)11-27-8-7-24-18(25)10-16(21-19(24)26)20-15-6-5-13-3-2-4-14(13)9-15/h5-6,9-10,20H,2-4,7-8,11H2,1H3,(H,21,26). The highest BCUT2D eigenvalue weighted by atomic mass is 32.2. The van der Waals surface area contributed by atoms with Gasteiger partial charge in [-0.25, -0.2) is 4.79 Å². The molecule has 4 rings (SSSR count). The molecule has 0 fully saturated rings. The van der Waals surface area contributed by atoms with Crippen molar-refractivity contribution in [2.75, 3.05) is 11.1 Å². The normalized spacial score (nSPS) is 12.9. The number of thioether (sulfide) groups is 1. The number of nitrogens with zero attached hydrogens (tertiary/aromatic N) is 3. The molecule has 0 atom stereocenters. The molecule has 0 bridgehead atoms. The first-order valence-corrected chi connectivity index (χ1v) is 11.2. The summed E-state index contributed by atoms with van der Waals surface area (Å²) in [5.74, 6) is 1.80. The molecule has 1 aromatic carbocycles. The molecule has 0 aliphatic heterocycles. The van der Waals surface area contributed by atoms with E-state index in [1.807, 2.05) is 13.0 Å². The van der Waals surface area contributed by atoms with E-state index in [1.54, 1.807) is 23.1 Å². The van der Waals surface area contributed by atoms with Crippen molar-refractivity contribution >= 4 is 34.6 Å². The maximum absolute atomic E-state index is 12.4. The predicted molar refractivity (Wildman–Crippen MR) is 114 cm³/mol. The second-order valence-corrected chi connectivity index (χ2v) is 9.08. The number of hydrogen-bond acceptors (Lipinski definition) is 7. The van der Waals surface area contributed by atoms with Gasteiger partial charge >= 0.3 is 5.69 Å². The van der Waals surface area contributed by atoms with E-state index in [9.17, 15) is 9.59 Å². The molecule has 146 valence electrons. The second-order valence-electron chi connectivity index (χ2n) is 6.71. The SMILES string of the molecule is Cc1nnc(CSCCn2c(=O)cc(Nc3ccc4c(c3)CCC4)[nH]c2=O)s1. The van der Waals surface area contributed by atoms with Crippen LogP contribution in [0.5, 0.6) is 0 Å². The van der Waals surface area contributed by atoms with Crippen LogP contribution < -0.4 is 16.6 Å². The molecule has 2 aromatic heterocycles. The van der Waals surface area contributed by atoms with Crippen molar-refractivity contribution in [3.63, 3.8) is 0 Å². The van der Waals surface area contributed by atoms with Crippen molar-refractivity contribution in [3.8, 4) is 0 Å². The summed E-state index contributed by atoms with van der Waals surface area (Å²) in [6.45, 7) is 2.28. The lowest BCUT2D eigenvalue weighted by Gasteiger charge is -2.10. The largest absolute Gasteiger partial charge is 0.342 e. The molecule has 9 heteroatoms. The molecule has 28 heavy (non-hydrogen) atoms. The number of nitrogens with one attached hydrogen (secondary N) is 2. The Balaban J connectivity index is 1.39. The number of benzene rings is 1. The van der Waals surface area contributed by atoms with Crippen LogP contribution in [0.1, 0.15) is 27.6 Å². The van der Waals surface area contributed by atoms with Gasteiger partial charge in [-0.1, -0.05) is 6.07 Å². The van der Waals surface area contributed by atoms with E-state index >= 15 is 0 Å². The Labute approximate surface area is 170 Å². The van der Waals surface area contributed by atoms with Crippen LogP contribution in [-0.4, -0.2) is 25.5 Å². The maximum atomic E-state index is 12.4. The Morgan fingerprint density at radius 1 is 1.21 bits per heavy atom. The summed E-state index contributed by atoms with van der Waals surface area (Å²) in [6, 6.07) is 7.63. The highest BCUT2D eigenvalue weighted by Crippen LogP contribution is 2.25. The van der Waals surface area contributed by atoms with Crippen molar-refractivity contribution in [2.45, 2.75) is 38.5 Å². The number of H-pyrrole nitrogens is 1. The van der Waals surface area contributed by atoms with E-state index < -0.39 is 5.69 Å². The van der Waals surface area contributed by atoms with Crippen LogP contribution in [0.4, 0.5) is 11.5 Å². The molecule has 0 saturated carbocycles. The smallest absolute Gasteiger partial charge is 0.329 e. The number of aromatic amines is 1. The average molecular weight is 416 g/mol. The lowest BCUT2D eigenvalue weighted by Crippen LogP contribution is -2.35. The van der Waals surface area contributed by atoms with Crippen LogP contribution in [0.25, 0.3) is 0 Å². The van der Waals surface area contributed by atoms with Gasteiger partial charge in [0.05, 0.1) is 0 Å². The van der Waals surface area contributed by atoms with E-state index in [-0.39, 0.29) is 5.56 Å². The molecule has 0 radical (unpaired) electrons. The van der Waals surface area contributed by atoms with Crippen LogP contribution in [0, 0.1) is 6.92 Å². The predicted octanol–water partition coefficient (Wildman–Crippen LogP) is 2.86. The zero-order valence-corrected chi connectivity index (χ0v) is 17.2. The van der Waals surface area contributed by atoms with Gasteiger partial charge in [-0.3, -0.25) is 14.3 Å². The average Bonchev–Trinajstić information content (AvgIpc) is 3.28. The number of fused-ring (bicyclic) bond motifs is 1. The van der Waals surface area contributed by atoms with Crippen molar-refractivity contribution < 1.29 is 0 Å². The van der Waals surface area contributed by atoms with Gasteiger partial charge in [-0.05, 0) is 49.4 Å². The maximum Gasteiger partial charge on any atom is 0.329 e. The Bertz CT molecular complexity index is 1070. The summed E-state index contributed by atoms with van der Waals surface area (Å²) < 4.78 is 1.23. The van der Waals surface area contributed by atoms with E-state index in [0.717, 1.165) is 34.3 Å². The van der Waals surface area contributed by atoms with Gasteiger partial charge in [-0.2, -0.15) is 11.8 Å². The van der Waals surface area contributed by atoms with E-state index in [4.69, 9.17) is 0 Å². The molecular weight excluding hydrogens is 394 g/mol. The monoisotopic (exact) mass is 415 g/mol. The van der Waals surface area contributed by atoms with Crippen molar-refractivity contribution in [2.24, 2.45) is 0 Å². The van der Waals surface area contributed by atoms with Gasteiger partial charge in [0.1, 0.15) is 15.8 Å². The third-order valence-electron chi connectivity index (χ3n) is 4.65. The van der Waals surface area contributed by atoms with Crippen LogP contribution >= 0.6 is 23.1 Å². The van der Waals surface area contributed by atoms with Crippen molar-refractivity contribution in [3.05, 3.63) is 66.2 Å². The van der Waals surface area contributed by atoms with Crippen LogP contribution in [-0.2, 0) is 25.1 Å². The number of aryl methyl sites for hydroxylation is 3. The van der Waals surface area contributed by atoms with E-state index in [1.165, 1.54) is 28.2 Å². The zero-order valence-electron chi connectivity index (χ0n) is 15.5. The first-order chi connectivity index (χ1) is 13.6. The summed E-state index contributed by atoms with van der Waals surface area (Å²) in [5.41, 5.74) is 2.90. The molecule has 0 spiro atoms. The summed E-state index contributed by atoms with van der Waals surface area (Å²) in [7, 11) is 0. The van der Waals surface area contributed by atoms with Crippen LogP contribution in [0.15, 0.2) is 33.9 Å². The number of anilines is 2. The van der Waals surface area contributed by atoms with Crippen molar-refractivity contribution in [1.29, 1.82) is 0 Å². The quantitative estimate of drug-likeness (QED) is 0.577. The summed E-state index contributed by atoms with van der Waals surface area (Å²) in [4.78, 5) is 27.5. The Hall–Kier alpha value is -2.39. The number of hydrogen-bond donors (Lipinski definition) is 2. The minimum Gasteiger partial charge on any atom is -0.342 e. The molecule has 0 amide bonds. The van der Waals surface area contributed by atoms with Gasteiger partial charge in [0.2, 0.25) is 0 Å². The van der Waals surface area contributed by atoms with Gasteiger partial charge in [0.15, 0.2) is 0 Å². The highest BCUT2D eigenvalue weighted by molar-refractivity contribution is 7.98. The highest BCUT2D eigenvalue weighted by Gasteiger charge is 2.11. The molecule has 1 aliphatic rings. The van der Waals surface area contributed by atoms with Crippen LogP contribution in [0.3, 0.4) is 0 Å². The third kappa shape index (κ3) is 4.36. The molecule has 2 heterocycles. The first-order valence-electron chi connectivity index (χ1n) is 9.18. The molecule has 1 aliphatic carbocycles. The fourth-order valence-corrected chi connectivity index (χ4v) is 4.99. The van der Waals surface area contributed by atoms with Crippen LogP contribution in [0.2, 0.25) is 0 Å². The Morgan fingerprint density at radius 3 is 2.86 bits per heavy atom. The minimum absolute atomic E-state index is 0.306. The topological polar surface area (TPSA) is 92.7 Å². The molecule has 0 saturated heterocycles. The molecule has 3 aromatic rings. The molecule has 7 nitrogen and oxygen atoms in total. The first kappa shape index (κ1) is 18.9. The number of aromatic nitrogens is 4. The third-order valence-corrected chi connectivity index (χ3v) is 6.62. The fraction of sp³-hybridized carbons (Fsp3) is 0.368. The minimum atomic E-state index is -0.400. The lowest BCUT2D eigenvalue weighted by molar-refractivity contribution is 0.681. The second kappa shape index (κ2) is 8.32.